The molecule has 5 aromatic rings. The summed E-state index contributed by atoms with van der Waals surface area (Å²) in [5, 5.41) is 12.9. The number of nitrogens with one attached hydrogen (secondary N) is 2. The normalized spacial score (nSPS) is 14.3. The highest BCUT2D eigenvalue weighted by Gasteiger charge is 2.27. The van der Waals surface area contributed by atoms with Crippen molar-refractivity contribution in [2.45, 2.75) is 5.24 Å². The van der Waals surface area contributed by atoms with E-state index in [-0.39, 0.29) is 16.3 Å². The molecule has 0 saturated carbocycles. The number of hydrogen-bond acceptors (Lipinski definition) is 7. The zero-order chi connectivity index (χ0) is 29.2. The van der Waals surface area contributed by atoms with Crippen LogP contribution in [0, 0.1) is 11.6 Å². The summed E-state index contributed by atoms with van der Waals surface area (Å²) in [6.45, 7) is 1.82. The van der Waals surface area contributed by atoms with Gasteiger partial charge in [-0.05, 0) is 11.3 Å². The lowest BCUT2D eigenvalue weighted by atomic mass is 9.49. The Balaban J connectivity index is 1.70. The fraction of sp³-hybridized carbons (Fsp3) is 0.231. The molecule has 1 saturated heterocycles. The van der Waals surface area contributed by atoms with Crippen LogP contribution < -0.4 is 15.6 Å². The highest BCUT2D eigenvalue weighted by molar-refractivity contribution is 6.60. The predicted octanol–water partition coefficient (Wildman–Crippen LogP) is 0.365. The van der Waals surface area contributed by atoms with E-state index in [0.29, 0.717) is 71.0 Å². The van der Waals surface area contributed by atoms with E-state index in [2.05, 4.69) is 20.3 Å². The molecule has 1 fully saturated rings. The Morgan fingerprint density at radius 3 is 2.56 bits per heavy atom. The topological polar surface area (TPSA) is 125 Å². The van der Waals surface area contributed by atoms with Crippen LogP contribution in [0.1, 0.15) is 10.4 Å². The Hall–Kier alpha value is -4.39. The second-order valence-electron chi connectivity index (χ2n) is 11.2. The zero-order valence-corrected chi connectivity index (χ0v) is 22.9. The average Bonchev–Trinajstić information content (AvgIpc) is 3.32. The van der Waals surface area contributed by atoms with E-state index in [1.807, 2.05) is 28.4 Å². The van der Waals surface area contributed by atoms with E-state index in [1.165, 1.54) is 10.8 Å². The molecule has 206 valence electrons. The fourth-order valence-electron chi connectivity index (χ4n) is 5.44. The van der Waals surface area contributed by atoms with Crippen molar-refractivity contribution in [1.29, 1.82) is 0 Å². The molecule has 1 aromatic carbocycles. The number of aromatic nitrogens is 4. The van der Waals surface area contributed by atoms with Gasteiger partial charge in [0.2, 0.25) is 5.43 Å². The number of aryl methyl sites for hydroxylation is 1. The van der Waals surface area contributed by atoms with Crippen molar-refractivity contribution >= 4 is 73.9 Å². The lowest BCUT2D eigenvalue weighted by Gasteiger charge is -2.31. The number of ether oxygens (including phenoxy) is 1. The first-order valence-electron chi connectivity index (χ1n) is 13.1. The fourth-order valence-corrected chi connectivity index (χ4v) is 5.44. The highest BCUT2D eigenvalue weighted by Crippen LogP contribution is 2.43. The molecule has 0 bridgehead atoms. The van der Waals surface area contributed by atoms with Gasteiger partial charge in [-0.2, -0.15) is 0 Å². The van der Waals surface area contributed by atoms with Gasteiger partial charge in [0, 0.05) is 55.9 Å². The molecule has 6 rings (SSSR count). The summed E-state index contributed by atoms with van der Waals surface area (Å²) in [4.78, 5) is 39.1. The molecule has 41 heavy (non-hydrogen) atoms. The SMILES string of the molecule is BC(B)(B)Nc1cc(F)c(F)c2c1[nH]c1ncc(-c3cnc4c(c3)c(=O)c(C(=O)O)cn4C)c(N3CCOCC3)c12. The number of hydrogen-bond donors (Lipinski definition) is 3. The number of benzene rings is 1. The second kappa shape index (κ2) is 9.62. The lowest BCUT2D eigenvalue weighted by molar-refractivity contribution is 0.0695. The first-order chi connectivity index (χ1) is 19.4. The molecule has 1 aliphatic heterocycles. The van der Waals surface area contributed by atoms with Crippen molar-refractivity contribution in [3.63, 3.8) is 0 Å². The summed E-state index contributed by atoms with van der Waals surface area (Å²) in [5.74, 6) is -3.35. The summed E-state index contributed by atoms with van der Waals surface area (Å²) in [5.41, 5.74) is 2.00. The van der Waals surface area contributed by atoms with Gasteiger partial charge in [-0.15, -0.1) is 0 Å². The van der Waals surface area contributed by atoms with E-state index in [0.717, 1.165) is 6.07 Å². The van der Waals surface area contributed by atoms with Crippen molar-refractivity contribution in [2.75, 3.05) is 36.5 Å². The Morgan fingerprint density at radius 2 is 1.88 bits per heavy atom. The van der Waals surface area contributed by atoms with Crippen LogP contribution in [0.15, 0.2) is 35.5 Å². The standard InChI is InChI=1S/C26H25B3F2N6O4/c1-36-10-14(25(39)40)22(38)12-6-11(8-33-24(12)36)13-9-32-23-18(21(13)37-2-4-41-5-3-37)17-19(31)15(30)7-16(20(17)34-23)35-26(27,28)29/h6-10,35H,2-5,27-29H2,1H3,(H,32,34)(H,39,40). The van der Waals surface area contributed by atoms with Gasteiger partial charge in [0.05, 0.1) is 46.3 Å². The Bertz CT molecular complexity index is 1950. The number of anilines is 2. The van der Waals surface area contributed by atoms with E-state index in [9.17, 15) is 14.7 Å². The smallest absolute Gasteiger partial charge is 0.341 e. The molecule has 1 aliphatic rings. The zero-order valence-electron chi connectivity index (χ0n) is 22.9. The van der Waals surface area contributed by atoms with Gasteiger partial charge in [0.1, 0.15) is 40.4 Å². The minimum absolute atomic E-state index is 0.0559. The summed E-state index contributed by atoms with van der Waals surface area (Å²) in [6, 6.07) is 2.71. The highest BCUT2D eigenvalue weighted by atomic mass is 19.2. The number of rotatable bonds is 5. The van der Waals surface area contributed by atoms with Crippen LogP contribution in [0.25, 0.3) is 44.1 Å². The van der Waals surface area contributed by atoms with Gasteiger partial charge in [-0.25, -0.2) is 23.5 Å². The van der Waals surface area contributed by atoms with Crippen molar-refractivity contribution in [3.05, 3.63) is 58.1 Å². The Morgan fingerprint density at radius 1 is 1.15 bits per heavy atom. The second-order valence-corrected chi connectivity index (χ2v) is 11.2. The molecule has 0 spiro atoms. The molecular weight excluding hydrogens is 531 g/mol. The van der Waals surface area contributed by atoms with Crippen LogP contribution in [0.2, 0.25) is 0 Å². The van der Waals surface area contributed by atoms with E-state index in [4.69, 9.17) is 4.74 Å². The number of halogens is 2. The molecule has 0 radical (unpaired) electrons. The van der Waals surface area contributed by atoms with Gasteiger partial charge in [-0.3, -0.25) is 4.79 Å². The van der Waals surface area contributed by atoms with Crippen molar-refractivity contribution < 1.29 is 23.4 Å². The first kappa shape index (κ1) is 26.8. The number of nitrogens with zero attached hydrogens (tertiary/aromatic N) is 4. The minimum atomic E-state index is -1.34. The molecule has 3 N–H and O–H groups in total. The van der Waals surface area contributed by atoms with Crippen LogP contribution in [0.5, 0.6) is 0 Å². The van der Waals surface area contributed by atoms with Gasteiger partial charge in [0.25, 0.3) is 0 Å². The molecule has 15 heteroatoms. The molecule has 0 amide bonds. The van der Waals surface area contributed by atoms with Gasteiger partial charge in [-0.1, -0.05) is 0 Å². The number of carboxylic acid groups (broad SMARTS) is 1. The number of aromatic carboxylic acids is 1. The lowest BCUT2D eigenvalue weighted by Crippen LogP contribution is -2.39. The van der Waals surface area contributed by atoms with E-state index >= 15 is 8.78 Å². The number of carboxylic acids is 1. The monoisotopic (exact) mass is 556 g/mol. The van der Waals surface area contributed by atoms with Gasteiger partial charge < -0.3 is 29.6 Å². The number of H-pyrrole nitrogens is 1. The number of carbonyl (C=O) groups is 1. The van der Waals surface area contributed by atoms with Crippen LogP contribution in [0.4, 0.5) is 20.2 Å². The molecule has 4 aromatic heterocycles. The number of fused-ring (bicyclic) bond motifs is 4. The van der Waals surface area contributed by atoms with Crippen LogP contribution in [0.3, 0.4) is 0 Å². The van der Waals surface area contributed by atoms with E-state index < -0.39 is 28.3 Å². The maximum Gasteiger partial charge on any atom is 0.341 e. The quantitative estimate of drug-likeness (QED) is 0.266. The third kappa shape index (κ3) is 4.50. The van der Waals surface area contributed by atoms with Crippen molar-refractivity contribution in [2.24, 2.45) is 7.05 Å². The molecular formula is C26H25B3F2N6O4. The van der Waals surface area contributed by atoms with Crippen LogP contribution in [-0.2, 0) is 11.8 Å². The maximum atomic E-state index is 15.7. The maximum absolute atomic E-state index is 15.7. The molecule has 0 unspecified atom stereocenters. The van der Waals surface area contributed by atoms with Gasteiger partial charge in [0.15, 0.2) is 11.6 Å². The molecule has 0 atom stereocenters. The summed E-state index contributed by atoms with van der Waals surface area (Å²) < 4.78 is 37.8. The Labute approximate surface area is 234 Å². The summed E-state index contributed by atoms with van der Waals surface area (Å²) in [6.07, 6.45) is 4.40. The predicted molar refractivity (Wildman–Crippen MR) is 161 cm³/mol. The van der Waals surface area contributed by atoms with E-state index in [1.54, 1.807) is 25.5 Å². The number of pyridine rings is 3. The summed E-state index contributed by atoms with van der Waals surface area (Å²) >= 11 is 0. The van der Waals surface area contributed by atoms with Crippen LogP contribution >= 0.6 is 0 Å². The molecule has 0 aliphatic carbocycles. The van der Waals surface area contributed by atoms with Crippen molar-refractivity contribution in [3.8, 4) is 11.1 Å². The molecule has 5 heterocycles. The molecule has 10 nitrogen and oxygen atoms in total. The number of aromatic amines is 1. The largest absolute Gasteiger partial charge is 0.477 e. The van der Waals surface area contributed by atoms with Crippen molar-refractivity contribution in [1.82, 2.24) is 19.5 Å². The van der Waals surface area contributed by atoms with Gasteiger partial charge >= 0.3 is 5.97 Å². The summed E-state index contributed by atoms with van der Waals surface area (Å²) in [7, 11) is 7.38. The first-order valence-corrected chi connectivity index (χ1v) is 13.1. The third-order valence-electron chi connectivity index (χ3n) is 7.16. The third-order valence-corrected chi connectivity index (χ3v) is 7.16. The number of morpholine rings is 1. The average molecular weight is 556 g/mol. The Kier molecular flexibility index (Phi) is 6.29. The minimum Gasteiger partial charge on any atom is -0.477 e. The van der Waals surface area contributed by atoms with Crippen LogP contribution in [-0.4, -0.2) is 85.7 Å².